The number of benzene rings is 1. The van der Waals surface area contributed by atoms with Crippen LogP contribution >= 0.6 is 0 Å². The molecule has 4 rings (SSSR count). The molecular weight excluding hydrogens is 332 g/mol. The summed E-state index contributed by atoms with van der Waals surface area (Å²) < 4.78 is 0. The number of nitrogens with one attached hydrogen (secondary N) is 2. The molecule has 0 spiro atoms. The van der Waals surface area contributed by atoms with Gasteiger partial charge in [0.2, 0.25) is 5.95 Å². The molecule has 3 aromatic rings. The third kappa shape index (κ3) is 3.13. The van der Waals surface area contributed by atoms with Gasteiger partial charge in [0, 0.05) is 36.9 Å². The van der Waals surface area contributed by atoms with E-state index >= 15 is 0 Å². The fourth-order valence-electron chi connectivity index (χ4n) is 3.27. The Hall–Kier alpha value is -3.29. The first kappa shape index (κ1) is 16.2. The average molecular weight is 350 g/mol. The molecule has 26 heavy (non-hydrogen) atoms. The summed E-state index contributed by atoms with van der Waals surface area (Å²) in [5.74, 6) is 0.373. The molecule has 2 N–H and O–H groups in total. The van der Waals surface area contributed by atoms with Crippen molar-refractivity contribution >= 4 is 22.6 Å². The predicted octanol–water partition coefficient (Wildman–Crippen LogP) is 1.11. The van der Waals surface area contributed by atoms with E-state index in [9.17, 15) is 9.59 Å². The molecule has 0 bridgehead atoms. The molecule has 0 radical (unpaired) electrons. The maximum Gasteiger partial charge on any atom is 0.272 e. The van der Waals surface area contributed by atoms with Crippen LogP contribution in [0.2, 0.25) is 0 Å². The summed E-state index contributed by atoms with van der Waals surface area (Å²) in [6.07, 6.45) is 5.22. The van der Waals surface area contributed by atoms with Crippen LogP contribution in [0.4, 0.5) is 5.95 Å². The van der Waals surface area contributed by atoms with E-state index in [0.717, 1.165) is 19.4 Å². The van der Waals surface area contributed by atoms with Gasteiger partial charge in [-0.05, 0) is 25.0 Å². The number of carbonyl (C=O) groups excluding carboxylic acids is 1. The summed E-state index contributed by atoms with van der Waals surface area (Å²) in [4.78, 5) is 35.2. The Morgan fingerprint density at radius 3 is 2.73 bits per heavy atom. The van der Waals surface area contributed by atoms with E-state index in [2.05, 4.69) is 30.4 Å². The number of aromatic nitrogens is 4. The fraction of sp³-hybridized carbons (Fsp3) is 0.278. The lowest BCUT2D eigenvalue weighted by molar-refractivity contribution is 0.0929. The summed E-state index contributed by atoms with van der Waals surface area (Å²) in [7, 11) is 0. The molecule has 0 saturated carbocycles. The van der Waals surface area contributed by atoms with Gasteiger partial charge < -0.3 is 10.2 Å². The van der Waals surface area contributed by atoms with Crippen molar-refractivity contribution in [2.75, 3.05) is 18.0 Å². The molecule has 2 aromatic heterocycles. The van der Waals surface area contributed by atoms with Crippen LogP contribution in [0.1, 0.15) is 23.3 Å². The lowest BCUT2D eigenvalue weighted by atomic mass is 10.1. The number of anilines is 1. The topological polar surface area (TPSA) is 104 Å². The lowest BCUT2D eigenvalue weighted by Crippen LogP contribution is -2.48. The Morgan fingerprint density at radius 1 is 1.15 bits per heavy atom. The van der Waals surface area contributed by atoms with Crippen LogP contribution in [0, 0.1) is 0 Å². The molecule has 1 atom stereocenters. The Balaban J connectivity index is 1.53. The molecule has 8 heteroatoms. The molecule has 1 aliphatic heterocycles. The van der Waals surface area contributed by atoms with Crippen molar-refractivity contribution in [3.63, 3.8) is 0 Å². The van der Waals surface area contributed by atoms with Gasteiger partial charge in [0.15, 0.2) is 5.69 Å². The third-order valence-corrected chi connectivity index (χ3v) is 4.50. The number of carbonyl (C=O) groups is 1. The van der Waals surface area contributed by atoms with Gasteiger partial charge in [-0.1, -0.05) is 18.2 Å². The van der Waals surface area contributed by atoms with E-state index in [1.807, 2.05) is 0 Å². The summed E-state index contributed by atoms with van der Waals surface area (Å²) in [6, 6.07) is 8.71. The van der Waals surface area contributed by atoms with Gasteiger partial charge in [-0.25, -0.2) is 15.1 Å². The molecule has 1 aromatic carbocycles. The van der Waals surface area contributed by atoms with Gasteiger partial charge in [0.1, 0.15) is 0 Å². The number of nitrogens with zero attached hydrogens (tertiary/aromatic N) is 4. The van der Waals surface area contributed by atoms with Gasteiger partial charge >= 0.3 is 0 Å². The first-order valence-corrected chi connectivity index (χ1v) is 8.52. The summed E-state index contributed by atoms with van der Waals surface area (Å²) in [5, 5.41) is 10.4. The van der Waals surface area contributed by atoms with Gasteiger partial charge in [0.25, 0.3) is 11.5 Å². The van der Waals surface area contributed by atoms with E-state index in [0.29, 0.717) is 23.3 Å². The van der Waals surface area contributed by atoms with Crippen molar-refractivity contribution in [3.05, 3.63) is 58.8 Å². The second-order valence-electron chi connectivity index (χ2n) is 6.25. The number of rotatable bonds is 3. The van der Waals surface area contributed by atoms with Gasteiger partial charge in [-0.15, -0.1) is 0 Å². The number of hydrogen-bond donors (Lipinski definition) is 2. The minimum atomic E-state index is -0.304. The van der Waals surface area contributed by atoms with Crippen molar-refractivity contribution < 1.29 is 4.79 Å². The maximum absolute atomic E-state index is 12.7. The molecule has 1 unspecified atom stereocenters. The highest BCUT2D eigenvalue weighted by molar-refractivity contribution is 6.04. The Bertz CT molecular complexity index is 988. The zero-order valence-corrected chi connectivity index (χ0v) is 14.1. The second-order valence-corrected chi connectivity index (χ2v) is 6.25. The van der Waals surface area contributed by atoms with Gasteiger partial charge in [0.05, 0.1) is 5.39 Å². The van der Waals surface area contributed by atoms with E-state index in [1.165, 1.54) is 0 Å². The SMILES string of the molecule is O=C(NC1CCCN(c2ncccn2)C1)c1n[nH]c(=O)c2ccccc12. The Morgan fingerprint density at radius 2 is 1.92 bits per heavy atom. The number of fused-ring (bicyclic) bond motifs is 1. The number of H-pyrrole nitrogens is 1. The normalized spacial score (nSPS) is 17.2. The van der Waals surface area contributed by atoms with E-state index < -0.39 is 0 Å². The molecule has 1 fully saturated rings. The van der Waals surface area contributed by atoms with Crippen LogP contribution in [-0.2, 0) is 0 Å². The van der Waals surface area contributed by atoms with Crippen molar-refractivity contribution in [1.82, 2.24) is 25.5 Å². The molecule has 3 heterocycles. The van der Waals surface area contributed by atoms with Crippen molar-refractivity contribution in [2.24, 2.45) is 0 Å². The van der Waals surface area contributed by atoms with E-state index in [-0.39, 0.29) is 23.2 Å². The van der Waals surface area contributed by atoms with Gasteiger partial charge in [-0.3, -0.25) is 9.59 Å². The smallest absolute Gasteiger partial charge is 0.272 e. The first-order chi connectivity index (χ1) is 12.7. The summed E-state index contributed by atoms with van der Waals surface area (Å²) >= 11 is 0. The van der Waals surface area contributed by atoms with Gasteiger partial charge in [-0.2, -0.15) is 5.10 Å². The molecule has 132 valence electrons. The number of hydrogen-bond acceptors (Lipinski definition) is 6. The summed E-state index contributed by atoms with van der Waals surface area (Å²) in [5.41, 5.74) is -0.0736. The minimum absolute atomic E-state index is 0.0347. The lowest BCUT2D eigenvalue weighted by Gasteiger charge is -2.33. The standard InChI is InChI=1S/C18H18N6O2/c25-16-14-7-2-1-6-13(14)15(22-23-16)17(26)21-12-5-3-10-24(11-12)18-19-8-4-9-20-18/h1-2,4,6-9,12H,3,5,10-11H2,(H,21,26)(H,23,25). The van der Waals surface area contributed by atoms with E-state index in [1.54, 1.807) is 42.7 Å². The second kappa shape index (κ2) is 6.91. The predicted molar refractivity (Wildman–Crippen MR) is 97.1 cm³/mol. The Labute approximate surface area is 149 Å². The van der Waals surface area contributed by atoms with Crippen molar-refractivity contribution in [1.29, 1.82) is 0 Å². The quantitative estimate of drug-likeness (QED) is 0.733. The molecule has 8 nitrogen and oxygen atoms in total. The highest BCUT2D eigenvalue weighted by Gasteiger charge is 2.24. The fourth-order valence-corrected chi connectivity index (χ4v) is 3.27. The van der Waals surface area contributed by atoms with Crippen LogP contribution in [0.3, 0.4) is 0 Å². The number of amides is 1. The average Bonchev–Trinajstić information content (AvgIpc) is 2.69. The zero-order valence-electron chi connectivity index (χ0n) is 14.1. The molecule has 1 aliphatic rings. The molecular formula is C18H18N6O2. The monoisotopic (exact) mass is 350 g/mol. The third-order valence-electron chi connectivity index (χ3n) is 4.50. The highest BCUT2D eigenvalue weighted by atomic mass is 16.2. The largest absolute Gasteiger partial charge is 0.346 e. The van der Waals surface area contributed by atoms with Crippen molar-refractivity contribution in [2.45, 2.75) is 18.9 Å². The van der Waals surface area contributed by atoms with Crippen LogP contribution in [0.5, 0.6) is 0 Å². The first-order valence-electron chi connectivity index (χ1n) is 8.52. The zero-order chi connectivity index (χ0) is 17.9. The number of aromatic amines is 1. The van der Waals surface area contributed by atoms with Crippen LogP contribution in [0.25, 0.3) is 10.8 Å². The molecule has 0 aliphatic carbocycles. The minimum Gasteiger partial charge on any atom is -0.346 e. The van der Waals surface area contributed by atoms with Crippen molar-refractivity contribution in [3.8, 4) is 0 Å². The van der Waals surface area contributed by atoms with Crippen LogP contribution in [-0.4, -0.2) is 45.2 Å². The molecule has 1 saturated heterocycles. The van der Waals surface area contributed by atoms with E-state index in [4.69, 9.17) is 0 Å². The van der Waals surface area contributed by atoms with Crippen LogP contribution < -0.4 is 15.8 Å². The highest BCUT2D eigenvalue weighted by Crippen LogP contribution is 2.17. The van der Waals surface area contributed by atoms with Crippen LogP contribution in [0.15, 0.2) is 47.5 Å². The summed E-state index contributed by atoms with van der Waals surface area (Å²) in [6.45, 7) is 1.49. The molecule has 1 amide bonds. The Kier molecular flexibility index (Phi) is 4.30. The maximum atomic E-state index is 12.7. The number of piperidine rings is 1.